The van der Waals surface area contributed by atoms with Crippen LogP contribution in [0.3, 0.4) is 0 Å². The largest absolute Gasteiger partial charge is 0.394 e. The third-order valence-corrected chi connectivity index (χ3v) is 7.37. The first-order valence-electron chi connectivity index (χ1n) is 14.8. The van der Waals surface area contributed by atoms with Crippen molar-refractivity contribution in [2.24, 2.45) is 0 Å². The van der Waals surface area contributed by atoms with Crippen LogP contribution in [0.5, 0.6) is 0 Å². The highest BCUT2D eigenvalue weighted by Crippen LogP contribution is 2.13. The Morgan fingerprint density at radius 3 is 2.16 bits per heavy atom. The molecule has 0 radical (unpaired) electrons. The van der Waals surface area contributed by atoms with Crippen LogP contribution in [-0.4, -0.2) is 52.2 Å². The van der Waals surface area contributed by atoms with E-state index in [1.807, 2.05) is 66.7 Å². The molecule has 1 heterocycles. The Bertz CT molecular complexity index is 1460. The van der Waals surface area contributed by atoms with E-state index in [4.69, 9.17) is 5.73 Å². The molecule has 4 aromatic rings. The topological polar surface area (TPSA) is 150 Å². The van der Waals surface area contributed by atoms with Crippen LogP contribution in [0.1, 0.15) is 51.2 Å². The Hall–Kier alpha value is -4.57. The summed E-state index contributed by atoms with van der Waals surface area (Å²) < 4.78 is 0. The van der Waals surface area contributed by atoms with E-state index < -0.39 is 6.10 Å². The molecule has 0 aliphatic rings. The van der Waals surface area contributed by atoms with Gasteiger partial charge >= 0.3 is 0 Å². The molecule has 0 saturated heterocycles. The minimum Gasteiger partial charge on any atom is -0.394 e. The second kappa shape index (κ2) is 16.3. The van der Waals surface area contributed by atoms with Gasteiger partial charge in [-0.2, -0.15) is 0 Å². The normalized spacial score (nSPS) is 13.1. The summed E-state index contributed by atoms with van der Waals surface area (Å²) in [6.07, 6.45) is 2.50. The zero-order chi connectivity index (χ0) is 31.3. The zero-order valence-corrected chi connectivity index (χ0v) is 24.9. The van der Waals surface area contributed by atoms with Crippen LogP contribution in [0.25, 0.3) is 0 Å². The molecule has 3 atom stereocenters. The first-order valence-corrected chi connectivity index (χ1v) is 14.8. The lowest BCUT2D eigenvalue weighted by Crippen LogP contribution is -2.39. The van der Waals surface area contributed by atoms with Crippen molar-refractivity contribution in [2.75, 3.05) is 18.9 Å². The van der Waals surface area contributed by atoms with Crippen molar-refractivity contribution >= 4 is 17.6 Å². The average molecular weight is 596 g/mol. The van der Waals surface area contributed by atoms with Gasteiger partial charge in [-0.1, -0.05) is 72.8 Å². The van der Waals surface area contributed by atoms with Crippen molar-refractivity contribution in [1.29, 1.82) is 0 Å². The number of nitrogens with zero attached hydrogens (tertiary/aromatic N) is 1. The molecule has 7 N–H and O–H groups in total. The summed E-state index contributed by atoms with van der Waals surface area (Å²) in [7, 11) is 0. The quantitative estimate of drug-likeness (QED) is 0.124. The predicted molar refractivity (Wildman–Crippen MR) is 172 cm³/mol. The lowest BCUT2D eigenvalue weighted by molar-refractivity contribution is -0.120. The van der Waals surface area contributed by atoms with Crippen LogP contribution >= 0.6 is 0 Å². The Morgan fingerprint density at radius 2 is 1.50 bits per heavy atom. The SMILES string of the molecule is CC(Cc1ccc(CC(=O)NCc2ccc(C(=O)N[C@@H](CO)Cc3ccccc3)cc2)cc1)NC[C@@H](O)c1ccc(N)nc1. The molecule has 1 unspecified atom stereocenters. The number of aliphatic hydroxyl groups is 2. The van der Waals surface area contributed by atoms with Crippen molar-refractivity contribution in [3.63, 3.8) is 0 Å². The van der Waals surface area contributed by atoms with E-state index in [9.17, 15) is 19.8 Å². The third kappa shape index (κ3) is 10.3. The molecule has 4 rings (SSSR count). The molecule has 9 heteroatoms. The van der Waals surface area contributed by atoms with Crippen LogP contribution in [-0.2, 0) is 30.6 Å². The van der Waals surface area contributed by atoms with E-state index in [1.54, 1.807) is 30.5 Å². The van der Waals surface area contributed by atoms with Gasteiger partial charge in [-0.25, -0.2) is 4.98 Å². The van der Waals surface area contributed by atoms with Crippen LogP contribution in [0, 0.1) is 0 Å². The van der Waals surface area contributed by atoms with Gasteiger partial charge in [-0.3, -0.25) is 9.59 Å². The smallest absolute Gasteiger partial charge is 0.251 e. The first kappa shape index (κ1) is 32.3. The Labute approximate surface area is 258 Å². The molecule has 0 spiro atoms. The van der Waals surface area contributed by atoms with Crippen LogP contribution < -0.4 is 21.7 Å². The Balaban J connectivity index is 1.17. The Morgan fingerprint density at radius 1 is 0.841 bits per heavy atom. The highest BCUT2D eigenvalue weighted by Gasteiger charge is 2.14. The fourth-order valence-electron chi connectivity index (χ4n) is 4.81. The van der Waals surface area contributed by atoms with Crippen molar-refractivity contribution in [3.8, 4) is 0 Å². The molecular formula is C35H41N5O4. The van der Waals surface area contributed by atoms with Gasteiger partial charge < -0.3 is 31.9 Å². The minimum absolute atomic E-state index is 0.0903. The van der Waals surface area contributed by atoms with Gasteiger partial charge in [0.25, 0.3) is 5.91 Å². The predicted octanol–water partition coefficient (Wildman–Crippen LogP) is 3.11. The number of amides is 2. The molecule has 230 valence electrons. The van der Waals surface area contributed by atoms with E-state index in [1.165, 1.54) is 0 Å². The summed E-state index contributed by atoms with van der Waals surface area (Å²) in [6, 6.07) is 28.0. The molecule has 3 aromatic carbocycles. The number of nitrogens with one attached hydrogen (secondary N) is 3. The fraction of sp³-hybridized carbons (Fsp3) is 0.286. The molecule has 0 aliphatic heterocycles. The number of carbonyl (C=O) groups is 2. The monoisotopic (exact) mass is 595 g/mol. The van der Waals surface area contributed by atoms with Crippen LogP contribution in [0.2, 0.25) is 0 Å². The van der Waals surface area contributed by atoms with E-state index in [0.717, 1.165) is 28.7 Å². The van der Waals surface area contributed by atoms with E-state index in [-0.39, 0.29) is 36.9 Å². The zero-order valence-electron chi connectivity index (χ0n) is 24.9. The molecule has 44 heavy (non-hydrogen) atoms. The number of anilines is 1. The number of nitrogens with two attached hydrogens (primary N) is 1. The highest BCUT2D eigenvalue weighted by atomic mass is 16.3. The molecule has 0 aliphatic carbocycles. The number of rotatable bonds is 15. The fourth-order valence-corrected chi connectivity index (χ4v) is 4.81. The number of hydrogen-bond acceptors (Lipinski definition) is 7. The standard InChI is InChI=1S/C35H41N5O4/c1-24(37-22-32(42)30-15-16-33(36)38-21-30)17-26-7-9-27(10-8-26)19-34(43)39-20-28-11-13-29(14-12-28)35(44)40-31(23-41)18-25-5-3-2-4-6-25/h2-16,21,24,31-32,37,41-42H,17-20,22-23H2,1H3,(H2,36,38)(H,39,43)(H,40,44)/t24?,31-,32-/m1/s1. The molecule has 0 fully saturated rings. The van der Waals surface area contributed by atoms with Crippen LogP contribution in [0.4, 0.5) is 5.82 Å². The number of aromatic nitrogens is 1. The second-order valence-corrected chi connectivity index (χ2v) is 11.1. The summed E-state index contributed by atoms with van der Waals surface area (Å²) >= 11 is 0. The van der Waals surface area contributed by atoms with E-state index in [0.29, 0.717) is 36.5 Å². The minimum atomic E-state index is -0.668. The van der Waals surface area contributed by atoms with Gasteiger partial charge in [0.15, 0.2) is 0 Å². The summed E-state index contributed by atoms with van der Waals surface area (Å²) in [5, 5.41) is 29.2. The van der Waals surface area contributed by atoms with Gasteiger partial charge in [0.05, 0.1) is 25.2 Å². The average Bonchev–Trinajstić information content (AvgIpc) is 3.04. The number of carbonyl (C=O) groups excluding carboxylic acids is 2. The summed E-state index contributed by atoms with van der Waals surface area (Å²) in [6.45, 7) is 2.67. The maximum atomic E-state index is 12.7. The van der Waals surface area contributed by atoms with Gasteiger partial charge in [0.1, 0.15) is 5.82 Å². The first-order chi connectivity index (χ1) is 21.3. The van der Waals surface area contributed by atoms with E-state index >= 15 is 0 Å². The molecule has 1 aromatic heterocycles. The van der Waals surface area contributed by atoms with Crippen molar-refractivity contribution in [2.45, 2.75) is 50.9 Å². The van der Waals surface area contributed by atoms with E-state index in [2.05, 4.69) is 27.9 Å². The van der Waals surface area contributed by atoms with Gasteiger partial charge in [0, 0.05) is 36.5 Å². The molecule has 0 bridgehead atoms. The lowest BCUT2D eigenvalue weighted by atomic mass is 10.0. The van der Waals surface area contributed by atoms with Crippen molar-refractivity contribution < 1.29 is 19.8 Å². The van der Waals surface area contributed by atoms with Gasteiger partial charge in [-0.15, -0.1) is 0 Å². The molecular weight excluding hydrogens is 554 g/mol. The molecule has 2 amide bonds. The molecule has 9 nitrogen and oxygen atoms in total. The highest BCUT2D eigenvalue weighted by molar-refractivity contribution is 5.94. The maximum Gasteiger partial charge on any atom is 0.251 e. The molecule has 0 saturated carbocycles. The number of hydrogen-bond donors (Lipinski definition) is 6. The van der Waals surface area contributed by atoms with Crippen LogP contribution in [0.15, 0.2) is 97.2 Å². The summed E-state index contributed by atoms with van der Waals surface area (Å²) in [5.74, 6) is 0.0783. The number of nitrogen functional groups attached to an aromatic ring is 1. The number of benzene rings is 3. The number of aliphatic hydroxyl groups excluding tert-OH is 2. The maximum absolute atomic E-state index is 12.7. The van der Waals surface area contributed by atoms with Gasteiger partial charge in [0.2, 0.25) is 5.91 Å². The number of pyridine rings is 1. The summed E-state index contributed by atoms with van der Waals surface area (Å²) in [4.78, 5) is 29.3. The summed E-state index contributed by atoms with van der Waals surface area (Å²) in [5.41, 5.74) is 10.8. The van der Waals surface area contributed by atoms with Crippen molar-refractivity contribution in [3.05, 3.63) is 131 Å². The second-order valence-electron chi connectivity index (χ2n) is 11.1. The van der Waals surface area contributed by atoms with Crippen molar-refractivity contribution in [1.82, 2.24) is 20.9 Å². The lowest BCUT2D eigenvalue weighted by Gasteiger charge is -2.17. The Kier molecular flexibility index (Phi) is 12.0. The van der Waals surface area contributed by atoms with Gasteiger partial charge in [-0.05, 0) is 60.2 Å². The third-order valence-electron chi connectivity index (χ3n) is 7.37.